The Labute approximate surface area is 124 Å². The molecule has 7 heteroatoms. The molecule has 1 aromatic rings. The molecule has 1 aliphatic heterocycles. The van der Waals surface area contributed by atoms with E-state index in [4.69, 9.17) is 10.5 Å². The highest BCUT2D eigenvalue weighted by atomic mass is 32.2. The number of ether oxygens (including phenoxy) is 1. The average Bonchev–Trinajstić information content (AvgIpc) is 2.89. The maximum absolute atomic E-state index is 12.7. The van der Waals surface area contributed by atoms with Crippen molar-refractivity contribution < 1.29 is 13.2 Å². The van der Waals surface area contributed by atoms with Gasteiger partial charge in [0.2, 0.25) is 0 Å². The zero-order chi connectivity index (χ0) is 14.8. The van der Waals surface area contributed by atoms with Crippen molar-refractivity contribution in [3.05, 3.63) is 17.0 Å². The zero-order valence-corrected chi connectivity index (χ0v) is 13.6. The van der Waals surface area contributed by atoms with Crippen molar-refractivity contribution >= 4 is 21.4 Å². The van der Waals surface area contributed by atoms with Crippen LogP contribution in [0.1, 0.15) is 24.6 Å². The van der Waals surface area contributed by atoms with E-state index in [1.807, 2.05) is 13.0 Å². The number of nitrogens with zero attached hydrogens (tertiary/aromatic N) is 1. The molecule has 0 saturated carbocycles. The third-order valence-corrected chi connectivity index (χ3v) is 7.20. The summed E-state index contributed by atoms with van der Waals surface area (Å²) in [6, 6.07) is 3.54. The van der Waals surface area contributed by atoms with Gasteiger partial charge in [-0.05, 0) is 44.9 Å². The molecule has 0 aliphatic carbocycles. The fraction of sp³-hybridized carbons (Fsp3) is 0.692. The second-order valence-corrected chi connectivity index (χ2v) is 8.69. The van der Waals surface area contributed by atoms with Crippen molar-refractivity contribution in [3.8, 4) is 0 Å². The lowest BCUT2D eigenvalue weighted by Gasteiger charge is -2.38. The Morgan fingerprint density at radius 1 is 1.50 bits per heavy atom. The fourth-order valence-electron chi connectivity index (χ4n) is 2.43. The van der Waals surface area contributed by atoms with E-state index in [1.54, 1.807) is 13.2 Å². The molecule has 2 heterocycles. The Hall–Kier alpha value is -0.470. The lowest BCUT2D eigenvalue weighted by molar-refractivity contribution is -0.0319. The van der Waals surface area contributed by atoms with Crippen LogP contribution in [0.4, 0.5) is 0 Å². The summed E-state index contributed by atoms with van der Waals surface area (Å²) in [6.07, 6.45) is 2.43. The number of hydrogen-bond acceptors (Lipinski definition) is 5. The van der Waals surface area contributed by atoms with E-state index >= 15 is 0 Å². The molecule has 20 heavy (non-hydrogen) atoms. The standard InChI is InChI=1S/C13H22N2O3S2/c1-13(18-2)7-3-9-15(10-13)20(16,17)12-5-4-11(19-12)6-8-14/h4-5H,3,6-10,14H2,1-2H3. The van der Waals surface area contributed by atoms with E-state index < -0.39 is 10.0 Å². The Balaban J connectivity index is 2.20. The minimum absolute atomic E-state index is 0.386. The molecular weight excluding hydrogens is 296 g/mol. The Morgan fingerprint density at radius 3 is 2.90 bits per heavy atom. The van der Waals surface area contributed by atoms with Gasteiger partial charge in [0.25, 0.3) is 10.0 Å². The molecule has 5 nitrogen and oxygen atoms in total. The maximum Gasteiger partial charge on any atom is 0.252 e. The molecule has 0 amide bonds. The van der Waals surface area contributed by atoms with Gasteiger partial charge in [-0.3, -0.25) is 0 Å². The first-order valence-corrected chi connectivity index (χ1v) is 9.01. The molecule has 0 aromatic carbocycles. The summed E-state index contributed by atoms with van der Waals surface area (Å²) in [5.74, 6) is 0. The van der Waals surface area contributed by atoms with Crippen molar-refractivity contribution in [1.29, 1.82) is 0 Å². The molecule has 0 spiro atoms. The van der Waals surface area contributed by atoms with Crippen molar-refractivity contribution in [2.24, 2.45) is 5.73 Å². The molecule has 114 valence electrons. The number of sulfonamides is 1. The van der Waals surface area contributed by atoms with Gasteiger partial charge in [0.1, 0.15) is 4.21 Å². The minimum Gasteiger partial charge on any atom is -0.377 e. The van der Waals surface area contributed by atoms with E-state index in [-0.39, 0.29) is 5.60 Å². The topological polar surface area (TPSA) is 72.6 Å². The van der Waals surface area contributed by atoms with Crippen LogP contribution in [-0.2, 0) is 21.2 Å². The quantitative estimate of drug-likeness (QED) is 0.891. The molecule has 1 aromatic heterocycles. The second-order valence-electron chi connectivity index (χ2n) is 5.36. The predicted octanol–water partition coefficient (Wildman–Crippen LogP) is 1.44. The van der Waals surface area contributed by atoms with E-state index in [1.165, 1.54) is 15.6 Å². The molecule has 1 aliphatic rings. The first-order valence-electron chi connectivity index (χ1n) is 6.75. The largest absolute Gasteiger partial charge is 0.377 e. The minimum atomic E-state index is -3.41. The third-order valence-electron chi connectivity index (χ3n) is 3.74. The zero-order valence-electron chi connectivity index (χ0n) is 12.0. The molecule has 1 saturated heterocycles. The summed E-state index contributed by atoms with van der Waals surface area (Å²) in [5, 5.41) is 0. The van der Waals surface area contributed by atoms with Gasteiger partial charge in [-0.25, -0.2) is 8.42 Å². The first-order chi connectivity index (χ1) is 9.41. The van der Waals surface area contributed by atoms with E-state index in [0.717, 1.165) is 24.1 Å². The third kappa shape index (κ3) is 3.23. The molecular formula is C13H22N2O3S2. The van der Waals surface area contributed by atoms with Crippen LogP contribution in [0.25, 0.3) is 0 Å². The highest BCUT2D eigenvalue weighted by Gasteiger charge is 2.37. The number of methoxy groups -OCH3 is 1. The van der Waals surface area contributed by atoms with Gasteiger partial charge < -0.3 is 10.5 Å². The Bertz CT molecular complexity index is 556. The molecule has 2 N–H and O–H groups in total. The lowest BCUT2D eigenvalue weighted by Crippen LogP contribution is -2.49. The van der Waals surface area contributed by atoms with Gasteiger partial charge in [0, 0.05) is 25.1 Å². The van der Waals surface area contributed by atoms with Gasteiger partial charge in [0.15, 0.2) is 0 Å². The highest BCUT2D eigenvalue weighted by Crippen LogP contribution is 2.31. The molecule has 1 unspecified atom stereocenters. The molecule has 0 radical (unpaired) electrons. The van der Waals surface area contributed by atoms with Crippen molar-refractivity contribution in [2.45, 2.75) is 36.0 Å². The molecule has 0 bridgehead atoms. The van der Waals surface area contributed by atoms with Crippen LogP contribution < -0.4 is 5.73 Å². The normalized spacial score (nSPS) is 24.9. The predicted molar refractivity (Wildman–Crippen MR) is 80.5 cm³/mol. The van der Waals surface area contributed by atoms with Crippen LogP contribution >= 0.6 is 11.3 Å². The second kappa shape index (κ2) is 6.11. The van der Waals surface area contributed by atoms with E-state index in [0.29, 0.717) is 23.8 Å². The van der Waals surface area contributed by atoms with Crippen LogP contribution in [0.2, 0.25) is 0 Å². The van der Waals surface area contributed by atoms with Gasteiger partial charge in [-0.15, -0.1) is 11.3 Å². The number of nitrogens with two attached hydrogens (primary N) is 1. The van der Waals surface area contributed by atoms with Gasteiger partial charge >= 0.3 is 0 Å². The first kappa shape index (κ1) is 15.9. The molecule has 1 atom stereocenters. The average molecular weight is 318 g/mol. The monoisotopic (exact) mass is 318 g/mol. The SMILES string of the molecule is COC1(C)CCCN(S(=O)(=O)c2ccc(CCN)s2)C1. The van der Waals surface area contributed by atoms with Crippen molar-refractivity contribution in [2.75, 3.05) is 26.7 Å². The van der Waals surface area contributed by atoms with E-state index in [2.05, 4.69) is 0 Å². The summed E-state index contributed by atoms with van der Waals surface area (Å²) in [5.41, 5.74) is 5.12. The van der Waals surface area contributed by atoms with Gasteiger partial charge in [-0.1, -0.05) is 0 Å². The highest BCUT2D eigenvalue weighted by molar-refractivity contribution is 7.91. The Kier molecular flexibility index (Phi) is 4.86. The van der Waals surface area contributed by atoms with Crippen LogP contribution in [0, 0.1) is 0 Å². The van der Waals surface area contributed by atoms with Crippen LogP contribution in [0.5, 0.6) is 0 Å². The van der Waals surface area contributed by atoms with Gasteiger partial charge in [-0.2, -0.15) is 4.31 Å². The lowest BCUT2D eigenvalue weighted by atomic mass is 9.96. The number of piperidine rings is 1. The van der Waals surface area contributed by atoms with Gasteiger partial charge in [0.05, 0.1) is 5.60 Å². The maximum atomic E-state index is 12.7. The number of hydrogen-bond donors (Lipinski definition) is 1. The van der Waals surface area contributed by atoms with Crippen LogP contribution in [0.15, 0.2) is 16.3 Å². The van der Waals surface area contributed by atoms with E-state index in [9.17, 15) is 8.42 Å². The summed E-state index contributed by atoms with van der Waals surface area (Å²) in [4.78, 5) is 1.01. The summed E-state index contributed by atoms with van der Waals surface area (Å²) < 4.78 is 32.7. The van der Waals surface area contributed by atoms with Crippen LogP contribution in [-0.4, -0.2) is 45.1 Å². The van der Waals surface area contributed by atoms with Crippen molar-refractivity contribution in [1.82, 2.24) is 4.31 Å². The Morgan fingerprint density at radius 2 is 2.25 bits per heavy atom. The summed E-state index contributed by atoms with van der Waals surface area (Å²) in [6.45, 7) is 3.47. The molecule has 1 fully saturated rings. The number of thiophene rings is 1. The summed E-state index contributed by atoms with van der Waals surface area (Å²) >= 11 is 1.32. The smallest absolute Gasteiger partial charge is 0.252 e. The fourth-order valence-corrected chi connectivity index (χ4v) is 5.55. The summed E-state index contributed by atoms with van der Waals surface area (Å²) in [7, 11) is -1.77. The molecule has 2 rings (SSSR count). The number of rotatable bonds is 5. The van der Waals surface area contributed by atoms with Crippen LogP contribution in [0.3, 0.4) is 0 Å². The van der Waals surface area contributed by atoms with Crippen molar-refractivity contribution in [3.63, 3.8) is 0 Å².